The minimum absolute atomic E-state index is 0.824. The standard InChI is InChI=1S/C16H31N/c1-4-17-16(15-7-5-6-13(15)3)14-10-8-12(2)9-11-14/h12-17H,4-11H2,1-3H3. The highest BCUT2D eigenvalue weighted by Crippen LogP contribution is 2.40. The van der Waals surface area contributed by atoms with Crippen LogP contribution in [0.25, 0.3) is 0 Å². The van der Waals surface area contributed by atoms with Crippen LogP contribution in [-0.2, 0) is 0 Å². The Morgan fingerprint density at radius 3 is 2.24 bits per heavy atom. The molecule has 2 aliphatic carbocycles. The maximum Gasteiger partial charge on any atom is 0.0126 e. The first kappa shape index (κ1) is 13.4. The first-order valence-corrected chi connectivity index (χ1v) is 7.95. The van der Waals surface area contributed by atoms with Crippen LogP contribution in [0.1, 0.15) is 65.7 Å². The molecule has 0 heterocycles. The molecule has 2 rings (SSSR count). The lowest BCUT2D eigenvalue weighted by Gasteiger charge is -2.38. The third kappa shape index (κ3) is 3.24. The number of nitrogens with one attached hydrogen (secondary N) is 1. The lowest BCUT2D eigenvalue weighted by atomic mass is 9.73. The van der Waals surface area contributed by atoms with E-state index in [2.05, 4.69) is 26.1 Å². The van der Waals surface area contributed by atoms with E-state index in [1.54, 1.807) is 0 Å². The van der Waals surface area contributed by atoms with Crippen LogP contribution < -0.4 is 5.32 Å². The monoisotopic (exact) mass is 237 g/mol. The largest absolute Gasteiger partial charge is 0.314 e. The highest BCUT2D eigenvalue weighted by atomic mass is 14.9. The van der Waals surface area contributed by atoms with E-state index in [0.29, 0.717) is 0 Å². The van der Waals surface area contributed by atoms with Gasteiger partial charge in [0.15, 0.2) is 0 Å². The summed E-state index contributed by atoms with van der Waals surface area (Å²) >= 11 is 0. The summed E-state index contributed by atoms with van der Waals surface area (Å²) in [7, 11) is 0. The lowest BCUT2D eigenvalue weighted by Crippen LogP contribution is -2.44. The van der Waals surface area contributed by atoms with Crippen molar-refractivity contribution >= 4 is 0 Å². The molecule has 0 spiro atoms. The number of hydrogen-bond donors (Lipinski definition) is 1. The van der Waals surface area contributed by atoms with E-state index in [1.807, 2.05) is 0 Å². The molecule has 0 saturated heterocycles. The molecule has 0 aliphatic heterocycles. The van der Waals surface area contributed by atoms with Gasteiger partial charge < -0.3 is 5.32 Å². The smallest absolute Gasteiger partial charge is 0.0126 e. The Kier molecular flexibility index (Phi) is 4.90. The minimum Gasteiger partial charge on any atom is -0.314 e. The topological polar surface area (TPSA) is 12.0 Å². The zero-order chi connectivity index (χ0) is 12.3. The fourth-order valence-corrected chi connectivity index (χ4v) is 4.26. The summed E-state index contributed by atoms with van der Waals surface area (Å²) < 4.78 is 0. The zero-order valence-corrected chi connectivity index (χ0v) is 12.0. The summed E-state index contributed by atoms with van der Waals surface area (Å²) in [6.07, 6.45) is 10.3. The molecule has 0 amide bonds. The van der Waals surface area contributed by atoms with Gasteiger partial charge in [-0.15, -0.1) is 0 Å². The summed E-state index contributed by atoms with van der Waals surface area (Å²) in [5.74, 6) is 3.87. The van der Waals surface area contributed by atoms with E-state index < -0.39 is 0 Å². The molecule has 0 bridgehead atoms. The Morgan fingerprint density at radius 2 is 1.71 bits per heavy atom. The summed E-state index contributed by atoms with van der Waals surface area (Å²) in [5.41, 5.74) is 0. The van der Waals surface area contributed by atoms with Gasteiger partial charge >= 0.3 is 0 Å². The molecule has 0 aromatic heterocycles. The Hall–Kier alpha value is -0.0400. The molecular weight excluding hydrogens is 206 g/mol. The maximum atomic E-state index is 3.84. The van der Waals surface area contributed by atoms with Crippen molar-refractivity contribution in [3.05, 3.63) is 0 Å². The Labute approximate surface area is 108 Å². The SMILES string of the molecule is CCNC(C1CCC(C)CC1)C1CCCC1C. The van der Waals surface area contributed by atoms with Gasteiger partial charge in [0.1, 0.15) is 0 Å². The molecule has 0 aromatic rings. The van der Waals surface area contributed by atoms with Crippen molar-refractivity contribution in [2.75, 3.05) is 6.54 Å². The highest BCUT2D eigenvalue weighted by Gasteiger charge is 2.36. The van der Waals surface area contributed by atoms with Crippen LogP contribution in [0.3, 0.4) is 0 Å². The summed E-state index contributed by atoms with van der Waals surface area (Å²) in [6, 6.07) is 0.824. The first-order chi connectivity index (χ1) is 8.22. The molecule has 1 N–H and O–H groups in total. The Morgan fingerprint density at radius 1 is 1.00 bits per heavy atom. The molecule has 17 heavy (non-hydrogen) atoms. The van der Waals surface area contributed by atoms with Gasteiger partial charge in [-0.25, -0.2) is 0 Å². The predicted molar refractivity (Wildman–Crippen MR) is 75.1 cm³/mol. The summed E-state index contributed by atoms with van der Waals surface area (Å²) in [6.45, 7) is 8.34. The second-order valence-corrected chi connectivity index (χ2v) is 6.68. The van der Waals surface area contributed by atoms with Crippen LogP contribution in [0, 0.1) is 23.7 Å². The highest BCUT2D eigenvalue weighted by molar-refractivity contribution is 4.90. The second kappa shape index (κ2) is 6.22. The van der Waals surface area contributed by atoms with Crippen molar-refractivity contribution < 1.29 is 0 Å². The summed E-state index contributed by atoms with van der Waals surface area (Å²) in [4.78, 5) is 0. The fraction of sp³-hybridized carbons (Fsp3) is 1.00. The van der Waals surface area contributed by atoms with Crippen LogP contribution in [0.15, 0.2) is 0 Å². The van der Waals surface area contributed by atoms with Crippen LogP contribution in [-0.4, -0.2) is 12.6 Å². The third-order valence-electron chi connectivity index (χ3n) is 5.40. The van der Waals surface area contributed by atoms with Gasteiger partial charge in [-0.3, -0.25) is 0 Å². The maximum absolute atomic E-state index is 3.84. The summed E-state index contributed by atoms with van der Waals surface area (Å²) in [5, 5.41) is 3.84. The van der Waals surface area contributed by atoms with Gasteiger partial charge in [0.25, 0.3) is 0 Å². The van der Waals surface area contributed by atoms with Gasteiger partial charge in [-0.1, -0.05) is 46.5 Å². The van der Waals surface area contributed by atoms with Crippen molar-refractivity contribution in [3.63, 3.8) is 0 Å². The van der Waals surface area contributed by atoms with Gasteiger partial charge in [0, 0.05) is 6.04 Å². The van der Waals surface area contributed by atoms with E-state index in [4.69, 9.17) is 0 Å². The Bertz CT molecular complexity index is 218. The second-order valence-electron chi connectivity index (χ2n) is 6.68. The zero-order valence-electron chi connectivity index (χ0n) is 12.0. The number of hydrogen-bond acceptors (Lipinski definition) is 1. The van der Waals surface area contributed by atoms with E-state index in [9.17, 15) is 0 Å². The minimum atomic E-state index is 0.824. The fourth-order valence-electron chi connectivity index (χ4n) is 4.26. The van der Waals surface area contributed by atoms with Gasteiger partial charge in [-0.2, -0.15) is 0 Å². The molecule has 3 unspecified atom stereocenters. The molecule has 1 nitrogen and oxygen atoms in total. The van der Waals surface area contributed by atoms with Crippen molar-refractivity contribution in [2.45, 2.75) is 71.8 Å². The van der Waals surface area contributed by atoms with Crippen molar-refractivity contribution in [1.29, 1.82) is 0 Å². The molecule has 100 valence electrons. The third-order valence-corrected chi connectivity index (χ3v) is 5.40. The van der Waals surface area contributed by atoms with Crippen molar-refractivity contribution in [3.8, 4) is 0 Å². The van der Waals surface area contributed by atoms with E-state index in [0.717, 1.165) is 36.3 Å². The lowest BCUT2D eigenvalue weighted by molar-refractivity contribution is 0.165. The molecule has 3 atom stereocenters. The molecule has 2 fully saturated rings. The van der Waals surface area contributed by atoms with Crippen LogP contribution in [0.2, 0.25) is 0 Å². The molecule has 2 saturated carbocycles. The van der Waals surface area contributed by atoms with E-state index >= 15 is 0 Å². The van der Waals surface area contributed by atoms with Gasteiger partial charge in [0.05, 0.1) is 0 Å². The first-order valence-electron chi connectivity index (χ1n) is 7.95. The van der Waals surface area contributed by atoms with E-state index in [-0.39, 0.29) is 0 Å². The Balaban J connectivity index is 1.96. The van der Waals surface area contributed by atoms with Crippen LogP contribution in [0.5, 0.6) is 0 Å². The molecular formula is C16H31N. The van der Waals surface area contributed by atoms with Gasteiger partial charge in [-0.05, 0) is 49.5 Å². The molecule has 0 aromatic carbocycles. The predicted octanol–water partition coefficient (Wildman–Crippen LogP) is 4.23. The average Bonchev–Trinajstić information content (AvgIpc) is 2.74. The quantitative estimate of drug-likeness (QED) is 0.771. The number of rotatable bonds is 4. The van der Waals surface area contributed by atoms with Crippen LogP contribution in [0.4, 0.5) is 0 Å². The molecule has 1 heteroatoms. The normalized spacial score (nSPS) is 40.4. The average molecular weight is 237 g/mol. The van der Waals surface area contributed by atoms with Crippen LogP contribution >= 0.6 is 0 Å². The van der Waals surface area contributed by atoms with Gasteiger partial charge in [0.2, 0.25) is 0 Å². The van der Waals surface area contributed by atoms with Crippen molar-refractivity contribution in [2.24, 2.45) is 23.7 Å². The molecule has 2 aliphatic rings. The molecule has 0 radical (unpaired) electrons. The van der Waals surface area contributed by atoms with E-state index in [1.165, 1.54) is 44.9 Å². The van der Waals surface area contributed by atoms with Crippen molar-refractivity contribution in [1.82, 2.24) is 5.32 Å².